The van der Waals surface area contributed by atoms with Gasteiger partial charge in [-0.05, 0) is 48.9 Å². The fourth-order valence-electron chi connectivity index (χ4n) is 2.36. The number of pyridine rings is 1. The molecule has 3 heteroatoms. The first kappa shape index (κ1) is 13.1. The molecule has 3 nitrogen and oxygen atoms in total. The van der Waals surface area contributed by atoms with Gasteiger partial charge in [-0.1, -0.05) is 18.2 Å². The van der Waals surface area contributed by atoms with Gasteiger partial charge in [-0.25, -0.2) is 0 Å². The second-order valence-corrected chi connectivity index (χ2v) is 4.99. The molecule has 0 radical (unpaired) electrons. The summed E-state index contributed by atoms with van der Waals surface area (Å²) in [5.41, 5.74) is 4.84. The Balaban J connectivity index is 1.87. The van der Waals surface area contributed by atoms with Crippen molar-refractivity contribution in [3.05, 3.63) is 71.4 Å². The van der Waals surface area contributed by atoms with Gasteiger partial charge in [-0.3, -0.25) is 4.98 Å². The van der Waals surface area contributed by atoms with Crippen LogP contribution in [0.25, 0.3) is 10.9 Å². The van der Waals surface area contributed by atoms with E-state index >= 15 is 0 Å². The highest BCUT2D eigenvalue weighted by Gasteiger charge is 2.02. The first-order chi connectivity index (χ1) is 10.3. The van der Waals surface area contributed by atoms with Gasteiger partial charge in [0.05, 0.1) is 17.1 Å². The summed E-state index contributed by atoms with van der Waals surface area (Å²) < 4.78 is 0. The summed E-state index contributed by atoms with van der Waals surface area (Å²) in [7, 11) is 0. The van der Waals surface area contributed by atoms with E-state index in [0.29, 0.717) is 12.1 Å². The predicted molar refractivity (Wildman–Crippen MR) is 85.0 cm³/mol. The largest absolute Gasteiger partial charge is 0.380 e. The Labute approximate surface area is 123 Å². The molecule has 1 aromatic heterocycles. The summed E-state index contributed by atoms with van der Waals surface area (Å²) in [6.07, 6.45) is 0. The molecule has 0 aliphatic carbocycles. The number of nitrogens with one attached hydrogen (secondary N) is 1. The Morgan fingerprint density at radius 1 is 1.10 bits per heavy atom. The smallest absolute Gasteiger partial charge is 0.0991 e. The third kappa shape index (κ3) is 2.85. The van der Waals surface area contributed by atoms with Crippen molar-refractivity contribution < 1.29 is 0 Å². The molecule has 0 fully saturated rings. The van der Waals surface area contributed by atoms with Gasteiger partial charge in [0.25, 0.3) is 0 Å². The standard InChI is InChI=1S/C18H15N3/c1-13-8-9-16-17(6-3-7-18(16)21-13)20-12-15-5-2-4-14(10-15)11-19/h2-10,20H,12H2,1H3. The number of nitriles is 1. The maximum atomic E-state index is 8.94. The summed E-state index contributed by atoms with van der Waals surface area (Å²) in [5.74, 6) is 0. The molecule has 0 aliphatic heterocycles. The van der Waals surface area contributed by atoms with Crippen molar-refractivity contribution in [1.82, 2.24) is 4.98 Å². The zero-order valence-corrected chi connectivity index (χ0v) is 11.8. The van der Waals surface area contributed by atoms with Crippen molar-refractivity contribution in [2.45, 2.75) is 13.5 Å². The van der Waals surface area contributed by atoms with Crippen LogP contribution in [-0.2, 0) is 6.54 Å². The number of anilines is 1. The average Bonchev–Trinajstić information content (AvgIpc) is 2.52. The first-order valence-electron chi connectivity index (χ1n) is 6.85. The minimum absolute atomic E-state index is 0.683. The molecule has 1 heterocycles. The minimum Gasteiger partial charge on any atom is -0.380 e. The highest BCUT2D eigenvalue weighted by Crippen LogP contribution is 2.22. The molecule has 21 heavy (non-hydrogen) atoms. The van der Waals surface area contributed by atoms with E-state index in [2.05, 4.69) is 22.4 Å². The molecule has 0 saturated carbocycles. The van der Waals surface area contributed by atoms with Gasteiger partial charge in [0.2, 0.25) is 0 Å². The zero-order chi connectivity index (χ0) is 14.7. The fraction of sp³-hybridized carbons (Fsp3) is 0.111. The van der Waals surface area contributed by atoms with E-state index in [1.54, 1.807) is 0 Å². The van der Waals surface area contributed by atoms with Crippen molar-refractivity contribution in [2.75, 3.05) is 5.32 Å². The van der Waals surface area contributed by atoms with Crippen LogP contribution in [-0.4, -0.2) is 4.98 Å². The van der Waals surface area contributed by atoms with Gasteiger partial charge < -0.3 is 5.32 Å². The first-order valence-corrected chi connectivity index (χ1v) is 6.85. The number of hydrogen-bond acceptors (Lipinski definition) is 3. The Bertz CT molecular complexity index is 831. The van der Waals surface area contributed by atoms with Gasteiger partial charge in [-0.15, -0.1) is 0 Å². The molecule has 1 N–H and O–H groups in total. The van der Waals surface area contributed by atoms with Gasteiger partial charge in [0.15, 0.2) is 0 Å². The Morgan fingerprint density at radius 2 is 1.95 bits per heavy atom. The van der Waals surface area contributed by atoms with Crippen molar-refractivity contribution in [2.24, 2.45) is 0 Å². The molecule has 0 aliphatic rings. The molecule has 3 aromatic rings. The monoisotopic (exact) mass is 273 g/mol. The SMILES string of the molecule is Cc1ccc2c(NCc3cccc(C#N)c3)cccc2n1. The Kier molecular flexibility index (Phi) is 3.53. The predicted octanol–water partition coefficient (Wildman–Crippen LogP) is 4.03. The zero-order valence-electron chi connectivity index (χ0n) is 11.8. The lowest BCUT2D eigenvalue weighted by atomic mass is 10.1. The van der Waals surface area contributed by atoms with E-state index in [1.165, 1.54) is 0 Å². The number of nitrogens with zero attached hydrogens (tertiary/aromatic N) is 2. The molecule has 0 saturated heterocycles. The van der Waals surface area contributed by atoms with Gasteiger partial charge in [-0.2, -0.15) is 5.26 Å². The van der Waals surface area contributed by atoms with Gasteiger partial charge >= 0.3 is 0 Å². The summed E-state index contributed by atoms with van der Waals surface area (Å²) in [6.45, 7) is 2.68. The average molecular weight is 273 g/mol. The fourth-order valence-corrected chi connectivity index (χ4v) is 2.36. The summed E-state index contributed by atoms with van der Waals surface area (Å²) >= 11 is 0. The van der Waals surface area contributed by atoms with Crippen LogP contribution in [0.1, 0.15) is 16.8 Å². The molecule has 102 valence electrons. The van der Waals surface area contributed by atoms with E-state index in [4.69, 9.17) is 5.26 Å². The van der Waals surface area contributed by atoms with Crippen LogP contribution in [0.2, 0.25) is 0 Å². The summed E-state index contributed by atoms with van der Waals surface area (Å²) in [6, 6.07) is 20.0. The van der Waals surface area contributed by atoms with Gasteiger partial charge in [0.1, 0.15) is 0 Å². The molecule has 0 bridgehead atoms. The highest BCUT2D eigenvalue weighted by atomic mass is 14.9. The number of benzene rings is 2. The molecule has 0 unspecified atom stereocenters. The van der Waals surface area contributed by atoms with Crippen LogP contribution in [0, 0.1) is 18.3 Å². The summed E-state index contributed by atoms with van der Waals surface area (Å²) in [5, 5.41) is 13.5. The second-order valence-electron chi connectivity index (χ2n) is 4.99. The van der Waals surface area contributed by atoms with Crippen molar-refractivity contribution in [1.29, 1.82) is 5.26 Å². The summed E-state index contributed by atoms with van der Waals surface area (Å²) in [4.78, 5) is 4.54. The molecule has 3 rings (SSSR count). The molecule has 0 amide bonds. The van der Waals surface area contributed by atoms with Crippen LogP contribution in [0.3, 0.4) is 0 Å². The molecule has 0 spiro atoms. The van der Waals surface area contributed by atoms with Crippen LogP contribution in [0.5, 0.6) is 0 Å². The van der Waals surface area contributed by atoms with Crippen LogP contribution < -0.4 is 5.32 Å². The topological polar surface area (TPSA) is 48.7 Å². The van der Waals surface area contributed by atoms with Crippen molar-refractivity contribution >= 4 is 16.6 Å². The Morgan fingerprint density at radius 3 is 2.81 bits per heavy atom. The molecule has 0 atom stereocenters. The maximum absolute atomic E-state index is 8.94. The lowest BCUT2D eigenvalue weighted by Crippen LogP contribution is -2.00. The van der Waals surface area contributed by atoms with E-state index < -0.39 is 0 Å². The molecular weight excluding hydrogens is 258 g/mol. The number of hydrogen-bond donors (Lipinski definition) is 1. The van der Waals surface area contributed by atoms with Crippen LogP contribution in [0.15, 0.2) is 54.6 Å². The highest BCUT2D eigenvalue weighted by molar-refractivity contribution is 5.91. The molecular formula is C18H15N3. The molecule has 2 aromatic carbocycles. The number of aryl methyl sites for hydroxylation is 1. The van der Waals surface area contributed by atoms with Crippen molar-refractivity contribution in [3.8, 4) is 6.07 Å². The van der Waals surface area contributed by atoms with Gasteiger partial charge in [0, 0.05) is 23.3 Å². The van der Waals surface area contributed by atoms with E-state index in [1.807, 2.05) is 55.5 Å². The lowest BCUT2D eigenvalue weighted by molar-refractivity contribution is 1.15. The minimum atomic E-state index is 0.683. The third-order valence-electron chi connectivity index (χ3n) is 3.41. The Hall–Kier alpha value is -2.86. The third-order valence-corrected chi connectivity index (χ3v) is 3.41. The quantitative estimate of drug-likeness (QED) is 0.783. The van der Waals surface area contributed by atoms with Crippen LogP contribution >= 0.6 is 0 Å². The van der Waals surface area contributed by atoms with E-state index in [0.717, 1.165) is 27.8 Å². The number of aromatic nitrogens is 1. The second kappa shape index (κ2) is 5.64. The maximum Gasteiger partial charge on any atom is 0.0991 e. The van der Waals surface area contributed by atoms with Crippen LogP contribution in [0.4, 0.5) is 5.69 Å². The lowest BCUT2D eigenvalue weighted by Gasteiger charge is -2.10. The van der Waals surface area contributed by atoms with E-state index in [9.17, 15) is 0 Å². The normalized spacial score (nSPS) is 10.3. The van der Waals surface area contributed by atoms with E-state index in [-0.39, 0.29) is 0 Å². The number of rotatable bonds is 3. The van der Waals surface area contributed by atoms with Crippen molar-refractivity contribution in [3.63, 3.8) is 0 Å². The number of fused-ring (bicyclic) bond motifs is 1.